The van der Waals surface area contributed by atoms with Crippen molar-refractivity contribution < 1.29 is 41.2 Å². The van der Waals surface area contributed by atoms with Crippen LogP contribution in [0.4, 0.5) is 18.9 Å². The van der Waals surface area contributed by atoms with Crippen molar-refractivity contribution in [3.63, 3.8) is 0 Å². The third kappa shape index (κ3) is 6.09. The predicted molar refractivity (Wildman–Crippen MR) is 102 cm³/mol. The third-order valence-corrected chi connectivity index (χ3v) is 5.93. The highest BCUT2D eigenvalue weighted by molar-refractivity contribution is 7.53. The highest BCUT2D eigenvalue weighted by atomic mass is 35.5. The molecule has 0 amide bonds. The second kappa shape index (κ2) is 9.65. The van der Waals surface area contributed by atoms with Gasteiger partial charge in [-0.25, -0.2) is 0 Å². The Hall–Kier alpha value is -2.33. The van der Waals surface area contributed by atoms with E-state index in [4.69, 9.17) is 30.1 Å². The summed E-state index contributed by atoms with van der Waals surface area (Å²) in [6.45, 7) is -0.232. The first kappa shape index (κ1) is 23.9. The number of nitrogens with zero attached hydrogens (tertiary/aromatic N) is 1. The van der Waals surface area contributed by atoms with Crippen LogP contribution in [0.15, 0.2) is 36.4 Å². The van der Waals surface area contributed by atoms with Gasteiger partial charge in [0.05, 0.1) is 28.3 Å². The molecular formula is C17H16ClF3NO7P. The zero-order chi connectivity index (χ0) is 22.5. The second-order valence-corrected chi connectivity index (χ2v) is 8.49. The molecule has 13 heteroatoms. The largest absolute Gasteiger partial charge is 0.486 e. The molecule has 0 aliphatic rings. The molecule has 2 aromatic rings. The van der Waals surface area contributed by atoms with E-state index in [-0.39, 0.29) is 35.0 Å². The first-order valence-corrected chi connectivity index (χ1v) is 10.3. The van der Waals surface area contributed by atoms with Gasteiger partial charge in [-0.1, -0.05) is 11.6 Å². The molecule has 0 saturated carbocycles. The number of rotatable bonds is 9. The average Bonchev–Trinajstić information content (AvgIpc) is 2.68. The molecule has 0 spiro atoms. The molecule has 0 aromatic heterocycles. The lowest BCUT2D eigenvalue weighted by Crippen LogP contribution is -2.07. The van der Waals surface area contributed by atoms with E-state index in [1.54, 1.807) is 0 Å². The lowest BCUT2D eigenvalue weighted by atomic mass is 10.2. The van der Waals surface area contributed by atoms with Crippen LogP contribution in [0.25, 0.3) is 0 Å². The molecule has 2 rings (SSSR count). The highest BCUT2D eigenvalue weighted by Gasteiger charge is 2.31. The zero-order valence-electron chi connectivity index (χ0n) is 15.6. The van der Waals surface area contributed by atoms with E-state index in [1.165, 1.54) is 20.3 Å². The monoisotopic (exact) mass is 469 g/mol. The van der Waals surface area contributed by atoms with Crippen molar-refractivity contribution in [2.45, 2.75) is 6.18 Å². The molecule has 0 N–H and O–H groups in total. The molecule has 0 unspecified atom stereocenters. The molecule has 0 aliphatic heterocycles. The fourth-order valence-corrected chi connectivity index (χ4v) is 3.28. The molecule has 0 saturated heterocycles. The van der Waals surface area contributed by atoms with Crippen LogP contribution in [0.3, 0.4) is 0 Å². The van der Waals surface area contributed by atoms with Crippen molar-refractivity contribution in [1.29, 1.82) is 0 Å². The number of nitro benzene ring substituents is 1. The van der Waals surface area contributed by atoms with Crippen LogP contribution in [0.5, 0.6) is 17.2 Å². The third-order valence-electron chi connectivity index (χ3n) is 3.79. The summed E-state index contributed by atoms with van der Waals surface area (Å²) in [4.78, 5) is 10.5. The molecule has 2 aromatic carbocycles. The van der Waals surface area contributed by atoms with Crippen LogP contribution < -0.4 is 9.47 Å². The topological polar surface area (TPSA) is 97.1 Å². The minimum atomic E-state index is -4.57. The van der Waals surface area contributed by atoms with Crippen LogP contribution >= 0.6 is 19.2 Å². The van der Waals surface area contributed by atoms with Crippen molar-refractivity contribution in [2.75, 3.05) is 27.0 Å². The maximum atomic E-state index is 12.7. The number of benzene rings is 2. The van der Waals surface area contributed by atoms with E-state index in [0.717, 1.165) is 24.3 Å². The lowest BCUT2D eigenvalue weighted by Gasteiger charge is -2.15. The summed E-state index contributed by atoms with van der Waals surface area (Å²) in [6, 6.07) is 6.00. The second-order valence-electron chi connectivity index (χ2n) is 5.68. The van der Waals surface area contributed by atoms with Crippen molar-refractivity contribution >= 4 is 24.9 Å². The number of halogens is 4. The quantitative estimate of drug-likeness (QED) is 0.255. The minimum Gasteiger partial charge on any atom is -0.486 e. The van der Waals surface area contributed by atoms with E-state index in [1.807, 2.05) is 0 Å². The van der Waals surface area contributed by atoms with Gasteiger partial charge in [-0.05, 0) is 24.3 Å². The molecule has 30 heavy (non-hydrogen) atoms. The first-order chi connectivity index (χ1) is 14.0. The van der Waals surface area contributed by atoms with Gasteiger partial charge in [-0.15, -0.1) is 0 Å². The predicted octanol–water partition coefficient (Wildman–Crippen LogP) is 5.92. The van der Waals surface area contributed by atoms with Crippen molar-refractivity contribution in [1.82, 2.24) is 0 Å². The highest BCUT2D eigenvalue weighted by Crippen LogP contribution is 2.46. The summed E-state index contributed by atoms with van der Waals surface area (Å²) in [5.41, 5.74) is -1.35. The number of hydrogen-bond acceptors (Lipinski definition) is 7. The average molecular weight is 470 g/mol. The summed E-state index contributed by atoms with van der Waals surface area (Å²) in [5, 5.41) is 10.9. The molecule has 0 fully saturated rings. The van der Waals surface area contributed by atoms with Crippen LogP contribution in [-0.2, 0) is 19.8 Å². The Labute approximate surface area is 174 Å². The van der Waals surface area contributed by atoms with Crippen LogP contribution in [0.2, 0.25) is 5.02 Å². The van der Waals surface area contributed by atoms with Crippen LogP contribution in [0.1, 0.15) is 5.56 Å². The molecule has 164 valence electrons. The standard InChI is InChI=1S/C17H16ClF3NO7P/c1-26-30(25,27-2)8-7-28-16-10-12(4-5-14(16)22(23)24)29-15-6-3-11(9-13(15)18)17(19,20)21/h3-6,9-10H,7-8H2,1-2H3. The molecule has 0 aliphatic carbocycles. The molecular weight excluding hydrogens is 454 g/mol. The van der Waals surface area contributed by atoms with E-state index in [0.29, 0.717) is 6.07 Å². The summed E-state index contributed by atoms with van der Waals surface area (Å²) >= 11 is 5.85. The smallest absolute Gasteiger partial charge is 0.416 e. The molecule has 0 radical (unpaired) electrons. The first-order valence-electron chi connectivity index (χ1n) is 8.15. The van der Waals surface area contributed by atoms with E-state index in [2.05, 4.69) is 0 Å². The van der Waals surface area contributed by atoms with Crippen molar-refractivity contribution in [2.24, 2.45) is 0 Å². The Balaban J connectivity index is 2.23. The van der Waals surface area contributed by atoms with Crippen molar-refractivity contribution in [3.05, 3.63) is 57.1 Å². The number of ether oxygens (including phenoxy) is 2. The summed E-state index contributed by atoms with van der Waals surface area (Å²) in [6.07, 6.45) is -4.74. The summed E-state index contributed by atoms with van der Waals surface area (Å²) < 4.78 is 70.5. The van der Waals surface area contributed by atoms with Gasteiger partial charge in [-0.3, -0.25) is 14.7 Å². The van der Waals surface area contributed by atoms with Gasteiger partial charge in [0.25, 0.3) is 0 Å². The molecule has 0 atom stereocenters. The van der Waals surface area contributed by atoms with Gasteiger partial charge in [0.2, 0.25) is 5.75 Å². The maximum absolute atomic E-state index is 12.7. The molecule has 0 bridgehead atoms. The molecule has 8 nitrogen and oxygen atoms in total. The van der Waals surface area contributed by atoms with Gasteiger partial charge in [-0.2, -0.15) is 13.2 Å². The van der Waals surface area contributed by atoms with E-state index in [9.17, 15) is 27.9 Å². The van der Waals surface area contributed by atoms with Gasteiger partial charge < -0.3 is 18.5 Å². The molecule has 0 heterocycles. The number of hydrogen-bond donors (Lipinski definition) is 0. The fraction of sp³-hybridized carbons (Fsp3) is 0.294. The van der Waals surface area contributed by atoms with E-state index >= 15 is 0 Å². The lowest BCUT2D eigenvalue weighted by molar-refractivity contribution is -0.385. The Bertz CT molecular complexity index is 963. The number of nitro groups is 1. The number of alkyl halides is 3. The van der Waals surface area contributed by atoms with Gasteiger partial charge in [0.1, 0.15) is 11.5 Å². The van der Waals surface area contributed by atoms with Crippen LogP contribution in [0, 0.1) is 10.1 Å². The van der Waals surface area contributed by atoms with Crippen molar-refractivity contribution in [3.8, 4) is 17.2 Å². The minimum absolute atomic E-state index is 0.0268. The van der Waals surface area contributed by atoms with Crippen LogP contribution in [-0.4, -0.2) is 31.9 Å². The fourth-order valence-electron chi connectivity index (χ4n) is 2.24. The Morgan fingerprint density at radius 2 is 1.77 bits per heavy atom. The van der Waals surface area contributed by atoms with Gasteiger partial charge in [0.15, 0.2) is 0 Å². The Morgan fingerprint density at radius 1 is 1.10 bits per heavy atom. The Kier molecular flexibility index (Phi) is 7.70. The zero-order valence-corrected chi connectivity index (χ0v) is 17.3. The van der Waals surface area contributed by atoms with E-state index < -0.39 is 29.9 Å². The van der Waals surface area contributed by atoms with Gasteiger partial charge in [0, 0.05) is 26.4 Å². The van der Waals surface area contributed by atoms with Gasteiger partial charge >= 0.3 is 19.5 Å². The SMILES string of the molecule is COP(=O)(CCOc1cc(Oc2ccc(C(F)(F)F)cc2Cl)ccc1[N+](=O)[O-])OC. The Morgan fingerprint density at radius 3 is 2.30 bits per heavy atom. The normalized spacial score (nSPS) is 11.9. The maximum Gasteiger partial charge on any atom is 0.416 e. The summed E-state index contributed by atoms with van der Waals surface area (Å²) in [5.74, 6) is -0.272. The summed E-state index contributed by atoms with van der Waals surface area (Å²) in [7, 11) is -1.01.